The van der Waals surface area contributed by atoms with Crippen LogP contribution in [0.2, 0.25) is 0 Å². The molecule has 0 atom stereocenters. The third-order valence-electron chi connectivity index (χ3n) is 5.77. The van der Waals surface area contributed by atoms with E-state index in [1.165, 1.54) is 32.1 Å². The number of rotatable bonds is 4. The quantitative estimate of drug-likeness (QED) is 0.514. The molecule has 146 valence electrons. The first-order valence-electron chi connectivity index (χ1n) is 10.3. The second kappa shape index (κ2) is 7.62. The first-order valence-corrected chi connectivity index (χ1v) is 10.3. The highest BCUT2D eigenvalue weighted by molar-refractivity contribution is 5.67. The van der Waals surface area contributed by atoms with Gasteiger partial charge in [0.1, 0.15) is 5.82 Å². The summed E-state index contributed by atoms with van der Waals surface area (Å²) in [6.45, 7) is 0. The lowest BCUT2D eigenvalue weighted by molar-refractivity contribution is 0.424. The number of benzene rings is 1. The zero-order valence-corrected chi connectivity index (χ0v) is 16.6. The van der Waals surface area contributed by atoms with E-state index in [0.29, 0.717) is 17.6 Å². The molecule has 0 saturated heterocycles. The van der Waals surface area contributed by atoms with Gasteiger partial charge in [-0.2, -0.15) is 9.50 Å². The van der Waals surface area contributed by atoms with E-state index in [4.69, 9.17) is 15.1 Å². The van der Waals surface area contributed by atoms with Gasteiger partial charge in [0.05, 0.1) is 5.69 Å². The van der Waals surface area contributed by atoms with Crippen molar-refractivity contribution >= 4 is 11.6 Å². The Morgan fingerprint density at radius 2 is 1.72 bits per heavy atom. The molecule has 0 bridgehead atoms. The molecule has 0 N–H and O–H groups in total. The predicted molar refractivity (Wildman–Crippen MR) is 115 cm³/mol. The monoisotopic (exact) mass is 384 g/mol. The molecule has 3 aromatic heterocycles. The second-order valence-electron chi connectivity index (χ2n) is 7.66. The summed E-state index contributed by atoms with van der Waals surface area (Å²) in [4.78, 5) is 16.1. The average Bonchev–Trinajstić information content (AvgIpc) is 3.24. The highest BCUT2D eigenvalue weighted by Gasteiger charge is 2.23. The zero-order valence-electron chi connectivity index (χ0n) is 16.6. The van der Waals surface area contributed by atoms with Crippen molar-refractivity contribution in [2.75, 3.05) is 11.9 Å². The van der Waals surface area contributed by atoms with Gasteiger partial charge in [0, 0.05) is 42.7 Å². The minimum absolute atomic E-state index is 0.518. The first kappa shape index (κ1) is 17.8. The Morgan fingerprint density at radius 3 is 2.48 bits per heavy atom. The lowest BCUT2D eigenvalue weighted by Crippen LogP contribution is -2.34. The van der Waals surface area contributed by atoms with E-state index >= 15 is 0 Å². The van der Waals surface area contributed by atoms with Crippen molar-refractivity contribution in [3.8, 4) is 22.6 Å². The summed E-state index contributed by atoms with van der Waals surface area (Å²) in [6.07, 6.45) is 9.88. The van der Waals surface area contributed by atoms with E-state index in [1.807, 2.05) is 34.8 Å². The van der Waals surface area contributed by atoms with Gasteiger partial charge >= 0.3 is 0 Å². The Bertz CT molecular complexity index is 1100. The molecule has 0 unspecified atom stereocenters. The molecule has 1 saturated carbocycles. The van der Waals surface area contributed by atoms with Crippen molar-refractivity contribution in [3.05, 3.63) is 60.9 Å². The molecule has 29 heavy (non-hydrogen) atoms. The molecule has 0 aliphatic heterocycles. The van der Waals surface area contributed by atoms with Crippen LogP contribution in [0.1, 0.15) is 32.1 Å². The lowest BCUT2D eigenvalue weighted by atomic mass is 9.94. The second-order valence-corrected chi connectivity index (χ2v) is 7.66. The Kier molecular flexibility index (Phi) is 4.68. The molecule has 1 aromatic carbocycles. The summed E-state index contributed by atoms with van der Waals surface area (Å²) >= 11 is 0. The topological polar surface area (TPSA) is 59.2 Å². The molecule has 0 radical (unpaired) electrons. The maximum Gasteiger partial charge on any atom is 0.255 e. The van der Waals surface area contributed by atoms with E-state index in [9.17, 15) is 0 Å². The van der Waals surface area contributed by atoms with Crippen molar-refractivity contribution in [2.24, 2.45) is 0 Å². The zero-order chi connectivity index (χ0) is 19.6. The maximum atomic E-state index is 4.82. The highest BCUT2D eigenvalue weighted by Crippen LogP contribution is 2.30. The van der Waals surface area contributed by atoms with Gasteiger partial charge in [-0.25, -0.2) is 4.98 Å². The van der Waals surface area contributed by atoms with E-state index in [-0.39, 0.29) is 0 Å². The van der Waals surface area contributed by atoms with E-state index < -0.39 is 0 Å². The number of anilines is 1. The minimum atomic E-state index is 0.518. The van der Waals surface area contributed by atoms with Gasteiger partial charge in [-0.15, -0.1) is 5.10 Å². The summed E-state index contributed by atoms with van der Waals surface area (Å²) in [6, 6.07) is 16.8. The number of hydrogen-bond donors (Lipinski definition) is 0. The average molecular weight is 384 g/mol. The minimum Gasteiger partial charge on any atom is -0.356 e. The van der Waals surface area contributed by atoms with Gasteiger partial charge in [-0.1, -0.05) is 49.6 Å². The molecule has 6 nitrogen and oxygen atoms in total. The Hall–Kier alpha value is -3.28. The fraction of sp³-hybridized carbons (Fsp3) is 0.304. The van der Waals surface area contributed by atoms with Crippen molar-refractivity contribution < 1.29 is 0 Å². The number of nitrogens with zero attached hydrogens (tertiary/aromatic N) is 6. The third-order valence-corrected chi connectivity index (χ3v) is 5.77. The number of hydrogen-bond acceptors (Lipinski definition) is 5. The van der Waals surface area contributed by atoms with Gasteiger partial charge in [0.15, 0.2) is 5.82 Å². The molecular weight excluding hydrogens is 360 g/mol. The van der Waals surface area contributed by atoms with Gasteiger partial charge in [-0.3, -0.25) is 4.98 Å². The Labute approximate surface area is 170 Å². The molecule has 3 heterocycles. The van der Waals surface area contributed by atoms with Gasteiger partial charge < -0.3 is 4.90 Å². The summed E-state index contributed by atoms with van der Waals surface area (Å²) < 4.78 is 1.88. The van der Waals surface area contributed by atoms with Gasteiger partial charge in [-0.05, 0) is 25.0 Å². The molecule has 0 spiro atoms. The van der Waals surface area contributed by atoms with Crippen LogP contribution < -0.4 is 4.90 Å². The SMILES string of the molecule is CN(c1cc(-c2ccccc2)nc2nc(-c3cccnc3)nn12)C1CCCCC1. The Morgan fingerprint density at radius 1 is 0.931 bits per heavy atom. The summed E-state index contributed by atoms with van der Waals surface area (Å²) in [5.41, 5.74) is 2.89. The molecule has 1 aliphatic rings. The number of fused-ring (bicyclic) bond motifs is 1. The van der Waals surface area contributed by atoms with Crippen LogP contribution in [0.25, 0.3) is 28.4 Å². The molecule has 5 rings (SSSR count). The standard InChI is InChI=1S/C23H24N6/c1-28(19-12-6-3-7-13-19)21-15-20(17-9-4-2-5-10-17)25-23-26-22(27-29(21)23)18-11-8-14-24-16-18/h2,4-5,8-11,14-16,19H,3,6-7,12-13H2,1H3. The molecule has 1 fully saturated rings. The van der Waals surface area contributed by atoms with Crippen LogP contribution in [0.15, 0.2) is 60.9 Å². The van der Waals surface area contributed by atoms with Crippen LogP contribution in [0.5, 0.6) is 0 Å². The van der Waals surface area contributed by atoms with Crippen LogP contribution in [-0.4, -0.2) is 37.7 Å². The molecule has 4 aromatic rings. The normalized spacial score (nSPS) is 14.9. The predicted octanol–water partition coefficient (Wildman–Crippen LogP) is 4.62. The van der Waals surface area contributed by atoms with E-state index in [2.05, 4.69) is 35.1 Å². The summed E-state index contributed by atoms with van der Waals surface area (Å²) in [5.74, 6) is 2.29. The van der Waals surface area contributed by atoms with Crippen molar-refractivity contribution in [2.45, 2.75) is 38.1 Å². The molecular formula is C23H24N6. The largest absolute Gasteiger partial charge is 0.356 e. The highest BCUT2D eigenvalue weighted by atomic mass is 15.4. The fourth-order valence-electron chi connectivity index (χ4n) is 4.13. The van der Waals surface area contributed by atoms with Crippen LogP contribution >= 0.6 is 0 Å². The van der Waals surface area contributed by atoms with Crippen molar-refractivity contribution in [3.63, 3.8) is 0 Å². The lowest BCUT2D eigenvalue weighted by Gasteiger charge is -2.32. The van der Waals surface area contributed by atoms with Crippen LogP contribution in [0, 0.1) is 0 Å². The smallest absolute Gasteiger partial charge is 0.255 e. The van der Waals surface area contributed by atoms with Crippen LogP contribution in [-0.2, 0) is 0 Å². The summed E-state index contributed by atoms with van der Waals surface area (Å²) in [7, 11) is 2.17. The van der Waals surface area contributed by atoms with Gasteiger partial charge in [0.25, 0.3) is 5.78 Å². The third kappa shape index (κ3) is 3.46. The molecule has 1 aliphatic carbocycles. The summed E-state index contributed by atoms with van der Waals surface area (Å²) in [5, 5.41) is 4.79. The Balaban J connectivity index is 1.66. The maximum absolute atomic E-state index is 4.82. The van der Waals surface area contributed by atoms with Crippen LogP contribution in [0.4, 0.5) is 5.82 Å². The molecule has 6 heteroatoms. The van der Waals surface area contributed by atoms with Crippen LogP contribution in [0.3, 0.4) is 0 Å². The number of aromatic nitrogens is 5. The van der Waals surface area contributed by atoms with Crippen molar-refractivity contribution in [1.82, 2.24) is 24.6 Å². The van der Waals surface area contributed by atoms with E-state index in [0.717, 1.165) is 22.6 Å². The first-order chi connectivity index (χ1) is 14.3. The van der Waals surface area contributed by atoms with Gasteiger partial charge in [0.2, 0.25) is 0 Å². The van der Waals surface area contributed by atoms with Crippen molar-refractivity contribution in [1.29, 1.82) is 0 Å². The van der Waals surface area contributed by atoms with E-state index in [1.54, 1.807) is 12.4 Å². The molecule has 0 amide bonds. The fourth-order valence-corrected chi connectivity index (χ4v) is 4.13. The number of pyridine rings is 1.